The van der Waals surface area contributed by atoms with Gasteiger partial charge in [0.15, 0.2) is 22.2 Å². The summed E-state index contributed by atoms with van der Waals surface area (Å²) < 4.78 is 24.0. The third-order valence-corrected chi connectivity index (χ3v) is 2.68. The zero-order chi connectivity index (χ0) is 9.97. The van der Waals surface area contributed by atoms with Crippen molar-refractivity contribution in [2.45, 2.75) is 0 Å². The minimum atomic E-state index is -1.45. The number of benzene rings is 1. The molecule has 0 aliphatic rings. The van der Waals surface area contributed by atoms with Crippen molar-refractivity contribution in [3.8, 4) is 5.75 Å². The summed E-state index contributed by atoms with van der Waals surface area (Å²) in [5.74, 6) is 0.723. The van der Waals surface area contributed by atoms with Gasteiger partial charge in [-0.2, -0.15) is 0 Å². The molecule has 2 rings (SSSR count). The minimum absolute atomic E-state index is 0.596. The number of hydrogen-bond acceptors (Lipinski definition) is 4. The van der Waals surface area contributed by atoms with Gasteiger partial charge in [-0.3, -0.25) is 0 Å². The number of hydrogen-bond donors (Lipinski definition) is 0. The third kappa shape index (κ3) is 2.02. The Kier molecular flexibility index (Phi) is 2.95. The Bertz CT molecular complexity index is 446. The van der Waals surface area contributed by atoms with E-state index >= 15 is 0 Å². The molecule has 0 radical (unpaired) electrons. The zero-order valence-electron chi connectivity index (χ0n) is 7.14. The molecule has 6 heteroatoms. The standard InChI is InChI=1S/C8H7BrN2O2S/c9-3-4-13-6-1-2-7-8(5-6)11-14(12)10-7/h1-2,5H,3-4H2. The highest BCUT2D eigenvalue weighted by Crippen LogP contribution is 2.21. The fraction of sp³-hybridized carbons (Fsp3) is 0.250. The van der Waals surface area contributed by atoms with Crippen molar-refractivity contribution in [1.29, 1.82) is 0 Å². The van der Waals surface area contributed by atoms with Crippen molar-refractivity contribution >= 4 is 38.1 Å². The Morgan fingerprint density at radius 3 is 2.93 bits per heavy atom. The molecule has 0 aliphatic heterocycles. The predicted octanol–water partition coefficient (Wildman–Crippen LogP) is 2.13. The summed E-state index contributed by atoms with van der Waals surface area (Å²) in [7, 11) is 0. The molecule has 0 saturated carbocycles. The van der Waals surface area contributed by atoms with Gasteiger partial charge in [-0.25, -0.2) is 0 Å². The van der Waals surface area contributed by atoms with Crippen LogP contribution in [0.1, 0.15) is 0 Å². The molecule has 0 spiro atoms. The topological polar surface area (TPSA) is 58.1 Å². The molecule has 0 aliphatic carbocycles. The van der Waals surface area contributed by atoms with Crippen molar-refractivity contribution in [3.63, 3.8) is 0 Å². The second-order valence-corrected chi connectivity index (χ2v) is 4.22. The van der Waals surface area contributed by atoms with Crippen molar-refractivity contribution in [2.24, 2.45) is 0 Å². The molecule has 1 unspecified atom stereocenters. The molecule has 0 amide bonds. The van der Waals surface area contributed by atoms with Gasteiger partial charge in [0.1, 0.15) is 5.75 Å². The van der Waals surface area contributed by atoms with E-state index in [0.29, 0.717) is 17.6 Å². The number of alkyl halides is 1. The predicted molar refractivity (Wildman–Crippen MR) is 57.5 cm³/mol. The summed E-state index contributed by atoms with van der Waals surface area (Å²) in [6, 6.07) is 5.29. The van der Waals surface area contributed by atoms with Gasteiger partial charge >= 0.3 is 0 Å². The number of fused-ring (bicyclic) bond motifs is 1. The summed E-state index contributed by atoms with van der Waals surface area (Å²) in [5.41, 5.74) is 1.30. The maximum Gasteiger partial charge on any atom is 0.186 e. The van der Waals surface area contributed by atoms with E-state index in [9.17, 15) is 4.55 Å². The van der Waals surface area contributed by atoms with Crippen LogP contribution in [0.25, 0.3) is 11.0 Å². The van der Waals surface area contributed by atoms with E-state index in [2.05, 4.69) is 24.7 Å². The summed E-state index contributed by atoms with van der Waals surface area (Å²) in [6.07, 6.45) is 0. The number of aromatic nitrogens is 2. The van der Waals surface area contributed by atoms with Crippen LogP contribution in [0.4, 0.5) is 0 Å². The molecule has 0 fully saturated rings. The number of nitrogens with zero attached hydrogens (tertiary/aromatic N) is 2. The SMILES string of the molecule is [O-][s+]1nc2ccc(OCCBr)cc2n1. The highest BCUT2D eigenvalue weighted by molar-refractivity contribution is 9.09. The quantitative estimate of drug-likeness (QED) is 0.636. The van der Waals surface area contributed by atoms with E-state index in [0.717, 1.165) is 11.1 Å². The van der Waals surface area contributed by atoms with Gasteiger partial charge in [0, 0.05) is 11.4 Å². The summed E-state index contributed by atoms with van der Waals surface area (Å²) in [5, 5.41) is 0.775. The highest BCUT2D eigenvalue weighted by atomic mass is 79.9. The van der Waals surface area contributed by atoms with Crippen LogP contribution in [0, 0.1) is 0 Å². The smallest absolute Gasteiger partial charge is 0.186 e. The molecule has 0 saturated heterocycles. The van der Waals surface area contributed by atoms with E-state index < -0.39 is 11.1 Å². The van der Waals surface area contributed by atoms with Crippen molar-refractivity contribution in [1.82, 2.24) is 8.75 Å². The first-order valence-electron chi connectivity index (χ1n) is 3.98. The average molecular weight is 275 g/mol. The molecule has 0 bridgehead atoms. The molecule has 14 heavy (non-hydrogen) atoms. The fourth-order valence-corrected chi connectivity index (χ4v) is 1.93. The van der Waals surface area contributed by atoms with Gasteiger partial charge in [0.25, 0.3) is 0 Å². The van der Waals surface area contributed by atoms with Crippen LogP contribution in [-0.4, -0.2) is 25.2 Å². The van der Waals surface area contributed by atoms with E-state index in [-0.39, 0.29) is 0 Å². The third-order valence-electron chi connectivity index (χ3n) is 1.65. The molecular formula is C8H7BrN2O2S. The monoisotopic (exact) mass is 274 g/mol. The van der Waals surface area contributed by atoms with Gasteiger partial charge in [-0.15, -0.1) is 0 Å². The fourth-order valence-electron chi connectivity index (χ4n) is 1.09. The first kappa shape index (κ1) is 9.82. The molecule has 1 aromatic heterocycles. The summed E-state index contributed by atoms with van der Waals surface area (Å²) in [6.45, 7) is 0.596. The summed E-state index contributed by atoms with van der Waals surface area (Å²) >= 11 is 1.82. The largest absolute Gasteiger partial charge is 0.546 e. The van der Waals surface area contributed by atoms with E-state index in [4.69, 9.17) is 4.74 Å². The molecule has 1 atom stereocenters. The molecule has 4 nitrogen and oxygen atoms in total. The Hall–Kier alpha value is -0.720. The number of halogens is 1. The van der Waals surface area contributed by atoms with Gasteiger partial charge in [-0.05, 0) is 20.9 Å². The van der Waals surface area contributed by atoms with E-state index in [1.165, 1.54) is 0 Å². The van der Waals surface area contributed by atoms with Gasteiger partial charge in [0.05, 0.1) is 6.61 Å². The Labute approximate surface area is 92.2 Å². The number of ether oxygens (including phenoxy) is 1. The van der Waals surface area contributed by atoms with Crippen LogP contribution in [0.5, 0.6) is 5.75 Å². The lowest BCUT2D eigenvalue weighted by Crippen LogP contribution is -1.97. The van der Waals surface area contributed by atoms with Crippen LogP contribution in [0.3, 0.4) is 0 Å². The molecule has 74 valence electrons. The maximum atomic E-state index is 11.0. The Morgan fingerprint density at radius 2 is 2.14 bits per heavy atom. The van der Waals surface area contributed by atoms with Crippen LogP contribution in [0.2, 0.25) is 0 Å². The minimum Gasteiger partial charge on any atom is -0.546 e. The first-order valence-corrected chi connectivity index (χ1v) is 6.16. The molecule has 1 heterocycles. The second-order valence-electron chi connectivity index (χ2n) is 2.60. The average Bonchev–Trinajstić information content (AvgIpc) is 2.54. The molecule has 0 N–H and O–H groups in total. The highest BCUT2D eigenvalue weighted by Gasteiger charge is 2.07. The number of rotatable bonds is 3. The van der Waals surface area contributed by atoms with Crippen molar-refractivity contribution in [2.75, 3.05) is 11.9 Å². The lowest BCUT2D eigenvalue weighted by molar-refractivity contribution is 0.345. The Morgan fingerprint density at radius 1 is 1.36 bits per heavy atom. The molecular weight excluding hydrogens is 268 g/mol. The van der Waals surface area contributed by atoms with Gasteiger partial charge in [-0.1, -0.05) is 15.9 Å². The van der Waals surface area contributed by atoms with Gasteiger partial charge in [0.2, 0.25) is 0 Å². The van der Waals surface area contributed by atoms with Crippen molar-refractivity contribution < 1.29 is 9.29 Å². The van der Waals surface area contributed by atoms with Crippen LogP contribution in [-0.2, 0) is 0 Å². The van der Waals surface area contributed by atoms with Crippen LogP contribution in [0.15, 0.2) is 18.2 Å². The van der Waals surface area contributed by atoms with E-state index in [1.807, 2.05) is 0 Å². The van der Waals surface area contributed by atoms with Crippen LogP contribution >= 0.6 is 27.1 Å². The first-order chi connectivity index (χ1) is 6.79. The molecule has 2 aromatic rings. The van der Waals surface area contributed by atoms with Crippen LogP contribution < -0.4 is 4.74 Å². The molecule has 1 aromatic carbocycles. The Balaban J connectivity index is 2.31. The second kappa shape index (κ2) is 4.20. The van der Waals surface area contributed by atoms with Gasteiger partial charge < -0.3 is 9.29 Å². The lowest BCUT2D eigenvalue weighted by atomic mass is 10.3. The summed E-state index contributed by atoms with van der Waals surface area (Å²) in [4.78, 5) is 0. The lowest BCUT2D eigenvalue weighted by Gasteiger charge is -2.01. The van der Waals surface area contributed by atoms with Crippen molar-refractivity contribution in [3.05, 3.63) is 18.2 Å². The maximum absolute atomic E-state index is 11.0. The van der Waals surface area contributed by atoms with E-state index in [1.54, 1.807) is 18.2 Å². The normalized spacial score (nSPS) is 12.0. The zero-order valence-corrected chi connectivity index (χ0v) is 9.55.